The van der Waals surface area contributed by atoms with Crippen molar-refractivity contribution in [1.82, 2.24) is 15.1 Å². The van der Waals surface area contributed by atoms with Crippen molar-refractivity contribution in [3.8, 4) is 0 Å². The molecule has 2 amide bonds. The highest BCUT2D eigenvalue weighted by Gasteiger charge is 2.25. The van der Waals surface area contributed by atoms with E-state index in [1.807, 2.05) is 10.7 Å². The first-order valence-electron chi connectivity index (χ1n) is 8.50. The minimum absolute atomic E-state index is 0.189. The Balaban J connectivity index is 1.52. The SMILES string of the molecule is O=C(NC[C@@H]1CCC[C@H]1O)Nc1ccnn1C1CCCCC1. The molecular weight excluding hydrogens is 280 g/mol. The van der Waals surface area contributed by atoms with Crippen LogP contribution in [0, 0.1) is 5.92 Å². The standard InChI is InChI=1S/C16H26N4O2/c21-14-8-4-5-12(14)11-17-16(22)19-15-9-10-18-20(15)13-6-2-1-3-7-13/h9-10,12-14,21H,1-8,11H2,(H2,17,19,22)/t12-,14+/m0/s1. The second kappa shape index (κ2) is 7.13. The maximum absolute atomic E-state index is 12.1. The molecular formula is C16H26N4O2. The van der Waals surface area contributed by atoms with Gasteiger partial charge in [-0.25, -0.2) is 9.48 Å². The number of amides is 2. The number of hydrogen-bond donors (Lipinski definition) is 3. The van der Waals surface area contributed by atoms with Gasteiger partial charge in [-0.15, -0.1) is 0 Å². The molecule has 1 aromatic heterocycles. The smallest absolute Gasteiger partial charge is 0.320 e. The van der Waals surface area contributed by atoms with Crippen LogP contribution in [-0.2, 0) is 0 Å². The van der Waals surface area contributed by atoms with E-state index >= 15 is 0 Å². The Bertz CT molecular complexity index is 496. The summed E-state index contributed by atoms with van der Waals surface area (Å²) in [5, 5.41) is 19.9. The molecule has 2 atom stereocenters. The van der Waals surface area contributed by atoms with Gasteiger partial charge in [0.1, 0.15) is 5.82 Å². The second-order valence-electron chi connectivity index (χ2n) is 6.55. The number of anilines is 1. The maximum Gasteiger partial charge on any atom is 0.320 e. The summed E-state index contributed by atoms with van der Waals surface area (Å²) in [6, 6.07) is 2.03. The van der Waals surface area contributed by atoms with Gasteiger partial charge < -0.3 is 10.4 Å². The zero-order chi connectivity index (χ0) is 15.4. The van der Waals surface area contributed by atoms with Gasteiger partial charge >= 0.3 is 6.03 Å². The Hall–Kier alpha value is -1.56. The number of urea groups is 1. The summed E-state index contributed by atoms with van der Waals surface area (Å²) < 4.78 is 1.95. The normalized spacial score (nSPS) is 26.0. The van der Waals surface area contributed by atoms with Crippen molar-refractivity contribution in [2.24, 2.45) is 5.92 Å². The Morgan fingerprint density at radius 2 is 2.05 bits per heavy atom. The lowest BCUT2D eigenvalue weighted by Crippen LogP contribution is -2.36. The minimum atomic E-state index is -0.270. The number of carbonyl (C=O) groups is 1. The quantitative estimate of drug-likeness (QED) is 0.800. The summed E-state index contributed by atoms with van der Waals surface area (Å²) in [5.41, 5.74) is 0. The van der Waals surface area contributed by atoms with E-state index in [2.05, 4.69) is 15.7 Å². The number of aliphatic hydroxyl groups is 1. The van der Waals surface area contributed by atoms with Crippen molar-refractivity contribution in [1.29, 1.82) is 0 Å². The lowest BCUT2D eigenvalue weighted by molar-refractivity contribution is 0.133. The lowest BCUT2D eigenvalue weighted by atomic mass is 9.96. The average Bonchev–Trinajstić information content (AvgIpc) is 3.15. The van der Waals surface area contributed by atoms with Crippen LogP contribution in [0.5, 0.6) is 0 Å². The predicted molar refractivity (Wildman–Crippen MR) is 84.7 cm³/mol. The maximum atomic E-state index is 12.1. The van der Waals surface area contributed by atoms with E-state index in [0.29, 0.717) is 12.6 Å². The molecule has 2 aliphatic rings. The zero-order valence-corrected chi connectivity index (χ0v) is 13.0. The third-order valence-corrected chi connectivity index (χ3v) is 4.98. The molecule has 3 N–H and O–H groups in total. The van der Waals surface area contributed by atoms with E-state index < -0.39 is 0 Å². The Morgan fingerprint density at radius 3 is 2.77 bits per heavy atom. The molecule has 1 heterocycles. The van der Waals surface area contributed by atoms with E-state index in [1.165, 1.54) is 19.3 Å². The van der Waals surface area contributed by atoms with Gasteiger partial charge in [-0.1, -0.05) is 25.7 Å². The molecule has 0 aromatic carbocycles. The molecule has 6 nitrogen and oxygen atoms in total. The summed E-state index contributed by atoms with van der Waals surface area (Å²) in [6.07, 6.45) is 10.4. The van der Waals surface area contributed by atoms with Gasteiger partial charge in [-0.3, -0.25) is 5.32 Å². The van der Waals surface area contributed by atoms with Gasteiger partial charge in [0.25, 0.3) is 0 Å². The number of rotatable bonds is 4. The highest BCUT2D eigenvalue weighted by atomic mass is 16.3. The van der Waals surface area contributed by atoms with Crippen LogP contribution < -0.4 is 10.6 Å². The number of nitrogens with one attached hydrogen (secondary N) is 2. The second-order valence-corrected chi connectivity index (χ2v) is 6.55. The molecule has 2 fully saturated rings. The van der Waals surface area contributed by atoms with E-state index in [4.69, 9.17) is 0 Å². The molecule has 1 aromatic rings. The Morgan fingerprint density at radius 1 is 1.23 bits per heavy atom. The number of carbonyl (C=O) groups excluding carboxylic acids is 1. The van der Waals surface area contributed by atoms with Crippen molar-refractivity contribution >= 4 is 11.8 Å². The minimum Gasteiger partial charge on any atom is -0.393 e. The van der Waals surface area contributed by atoms with Crippen LogP contribution in [-0.4, -0.2) is 33.6 Å². The van der Waals surface area contributed by atoms with Crippen LogP contribution in [0.2, 0.25) is 0 Å². The molecule has 0 unspecified atom stereocenters. The monoisotopic (exact) mass is 306 g/mol. The summed E-state index contributed by atoms with van der Waals surface area (Å²) in [4.78, 5) is 12.1. The fourth-order valence-electron chi connectivity index (χ4n) is 3.67. The number of aromatic nitrogens is 2. The van der Waals surface area contributed by atoms with Gasteiger partial charge in [0.2, 0.25) is 0 Å². The van der Waals surface area contributed by atoms with E-state index in [9.17, 15) is 9.90 Å². The summed E-state index contributed by atoms with van der Waals surface area (Å²) in [5.74, 6) is 0.949. The molecule has 3 rings (SSSR count). The van der Waals surface area contributed by atoms with Crippen molar-refractivity contribution in [2.45, 2.75) is 63.5 Å². The van der Waals surface area contributed by atoms with Gasteiger partial charge in [0.15, 0.2) is 0 Å². The number of nitrogens with zero attached hydrogens (tertiary/aromatic N) is 2. The van der Waals surface area contributed by atoms with Gasteiger partial charge in [0, 0.05) is 18.5 Å². The first-order valence-corrected chi connectivity index (χ1v) is 8.50. The summed E-state index contributed by atoms with van der Waals surface area (Å²) >= 11 is 0. The topological polar surface area (TPSA) is 79.2 Å². The van der Waals surface area contributed by atoms with Crippen LogP contribution in [0.25, 0.3) is 0 Å². The first-order chi connectivity index (χ1) is 10.7. The highest BCUT2D eigenvalue weighted by Crippen LogP contribution is 2.30. The first kappa shape index (κ1) is 15.3. The third-order valence-electron chi connectivity index (χ3n) is 4.98. The average molecular weight is 306 g/mol. The summed E-state index contributed by atoms with van der Waals surface area (Å²) in [7, 11) is 0. The van der Waals surface area contributed by atoms with Gasteiger partial charge in [0.05, 0.1) is 18.3 Å². The zero-order valence-electron chi connectivity index (χ0n) is 13.0. The van der Waals surface area contributed by atoms with Crippen molar-refractivity contribution in [3.05, 3.63) is 12.3 Å². The molecule has 0 aliphatic heterocycles. The lowest BCUT2D eigenvalue weighted by Gasteiger charge is -2.24. The number of aliphatic hydroxyl groups excluding tert-OH is 1. The molecule has 6 heteroatoms. The Kier molecular flexibility index (Phi) is 4.97. The fourth-order valence-corrected chi connectivity index (χ4v) is 3.67. The van der Waals surface area contributed by atoms with Crippen LogP contribution in [0.4, 0.5) is 10.6 Å². The highest BCUT2D eigenvalue weighted by molar-refractivity contribution is 5.88. The predicted octanol–water partition coefficient (Wildman–Crippen LogP) is 2.67. The van der Waals surface area contributed by atoms with Crippen LogP contribution in [0.15, 0.2) is 12.3 Å². The molecule has 0 spiro atoms. The van der Waals surface area contributed by atoms with Gasteiger partial charge in [-0.2, -0.15) is 5.10 Å². The molecule has 0 radical (unpaired) electrons. The van der Waals surface area contributed by atoms with E-state index in [-0.39, 0.29) is 18.1 Å². The molecule has 0 saturated heterocycles. The number of hydrogen-bond acceptors (Lipinski definition) is 3. The van der Waals surface area contributed by atoms with E-state index in [0.717, 1.165) is 37.9 Å². The molecule has 122 valence electrons. The molecule has 2 saturated carbocycles. The van der Waals surface area contributed by atoms with Crippen LogP contribution in [0.1, 0.15) is 57.4 Å². The van der Waals surface area contributed by atoms with Crippen LogP contribution >= 0.6 is 0 Å². The largest absolute Gasteiger partial charge is 0.393 e. The van der Waals surface area contributed by atoms with Crippen molar-refractivity contribution < 1.29 is 9.90 Å². The van der Waals surface area contributed by atoms with Gasteiger partial charge in [-0.05, 0) is 25.7 Å². The van der Waals surface area contributed by atoms with Crippen molar-refractivity contribution in [2.75, 3.05) is 11.9 Å². The molecule has 0 bridgehead atoms. The third kappa shape index (κ3) is 3.61. The summed E-state index contributed by atoms with van der Waals surface area (Å²) in [6.45, 7) is 0.532. The molecule has 22 heavy (non-hydrogen) atoms. The fraction of sp³-hybridized carbons (Fsp3) is 0.750. The molecule has 2 aliphatic carbocycles. The van der Waals surface area contributed by atoms with Crippen molar-refractivity contribution in [3.63, 3.8) is 0 Å². The van der Waals surface area contributed by atoms with E-state index in [1.54, 1.807) is 6.20 Å². The van der Waals surface area contributed by atoms with Crippen LogP contribution in [0.3, 0.4) is 0 Å². The Labute approximate surface area is 131 Å².